The van der Waals surface area contributed by atoms with Crippen molar-refractivity contribution in [2.45, 2.75) is 70.4 Å². The summed E-state index contributed by atoms with van der Waals surface area (Å²) in [4.78, 5) is 18.0. The Morgan fingerprint density at radius 2 is 1.97 bits per heavy atom. The minimum atomic E-state index is 0.0416. The molecule has 182 valence electrons. The summed E-state index contributed by atoms with van der Waals surface area (Å²) in [7, 11) is 4.28. The zero-order valence-electron chi connectivity index (χ0n) is 21.4. The molecule has 6 unspecified atom stereocenters. The Morgan fingerprint density at radius 3 is 2.68 bits per heavy atom. The molecule has 5 rings (SSSR count). The van der Waals surface area contributed by atoms with Gasteiger partial charge in [-0.3, -0.25) is 4.79 Å². The van der Waals surface area contributed by atoms with Gasteiger partial charge in [0, 0.05) is 36.7 Å². The van der Waals surface area contributed by atoms with Gasteiger partial charge < -0.3 is 14.9 Å². The van der Waals surface area contributed by atoms with Gasteiger partial charge in [0.2, 0.25) is 0 Å². The van der Waals surface area contributed by atoms with Gasteiger partial charge in [-0.25, -0.2) is 0 Å². The number of rotatable bonds is 4. The molecular formula is C30H40N2O2. The SMILES string of the molecule is CCC(C1CCC2(C)C(C)N(C)CC3Cc4ccc(O)cc4C32C1)N(C)C(=O)c1ccccc1. The number of fused-ring (bicyclic) bond motifs is 1. The summed E-state index contributed by atoms with van der Waals surface area (Å²) in [6.07, 6.45) is 5.43. The van der Waals surface area contributed by atoms with Gasteiger partial charge in [0.05, 0.1) is 0 Å². The summed E-state index contributed by atoms with van der Waals surface area (Å²) in [5, 5.41) is 10.5. The van der Waals surface area contributed by atoms with Crippen LogP contribution in [0.15, 0.2) is 48.5 Å². The molecular weight excluding hydrogens is 420 g/mol. The van der Waals surface area contributed by atoms with Crippen LogP contribution >= 0.6 is 0 Å². The van der Waals surface area contributed by atoms with Gasteiger partial charge in [-0.1, -0.05) is 38.1 Å². The lowest BCUT2D eigenvalue weighted by atomic mass is 9.45. The van der Waals surface area contributed by atoms with E-state index in [1.54, 1.807) is 0 Å². The van der Waals surface area contributed by atoms with Crippen molar-refractivity contribution in [1.29, 1.82) is 0 Å². The van der Waals surface area contributed by atoms with Gasteiger partial charge in [-0.15, -0.1) is 0 Å². The molecule has 34 heavy (non-hydrogen) atoms. The molecule has 1 heterocycles. The molecule has 4 heteroatoms. The number of hydrogen-bond donors (Lipinski definition) is 1. The Kier molecular flexibility index (Phi) is 5.79. The van der Waals surface area contributed by atoms with Crippen LogP contribution in [0.5, 0.6) is 5.75 Å². The fourth-order valence-corrected chi connectivity index (χ4v) is 8.31. The molecule has 2 fully saturated rings. The van der Waals surface area contributed by atoms with Crippen LogP contribution in [0.25, 0.3) is 0 Å². The van der Waals surface area contributed by atoms with Crippen molar-refractivity contribution in [2.24, 2.45) is 17.3 Å². The molecule has 4 nitrogen and oxygen atoms in total. The first-order valence-electron chi connectivity index (χ1n) is 13.1. The predicted octanol–water partition coefficient (Wildman–Crippen LogP) is 5.49. The van der Waals surface area contributed by atoms with E-state index in [4.69, 9.17) is 0 Å². The van der Waals surface area contributed by atoms with Crippen LogP contribution < -0.4 is 0 Å². The fourth-order valence-electron chi connectivity index (χ4n) is 8.31. The summed E-state index contributed by atoms with van der Waals surface area (Å²) < 4.78 is 0. The van der Waals surface area contributed by atoms with Gasteiger partial charge in [0.1, 0.15) is 5.75 Å². The number of amides is 1. The minimum absolute atomic E-state index is 0.0416. The van der Waals surface area contributed by atoms with Gasteiger partial charge in [-0.05, 0) is 98.7 Å². The van der Waals surface area contributed by atoms with Crippen molar-refractivity contribution in [1.82, 2.24) is 9.80 Å². The second kappa shape index (κ2) is 8.41. The summed E-state index contributed by atoms with van der Waals surface area (Å²) in [6.45, 7) is 8.24. The molecule has 0 radical (unpaired) electrons. The highest BCUT2D eigenvalue weighted by molar-refractivity contribution is 5.94. The zero-order valence-corrected chi connectivity index (χ0v) is 21.4. The van der Waals surface area contributed by atoms with E-state index in [0.29, 0.717) is 23.6 Å². The lowest BCUT2D eigenvalue weighted by Crippen LogP contribution is -2.66. The molecule has 1 saturated carbocycles. The topological polar surface area (TPSA) is 43.8 Å². The van der Waals surface area contributed by atoms with E-state index in [2.05, 4.69) is 44.9 Å². The number of benzene rings is 2. The van der Waals surface area contributed by atoms with Crippen molar-refractivity contribution in [2.75, 3.05) is 20.6 Å². The highest BCUT2D eigenvalue weighted by Crippen LogP contribution is 2.66. The third kappa shape index (κ3) is 3.25. The first-order valence-corrected chi connectivity index (χ1v) is 13.1. The average Bonchev–Trinajstić information content (AvgIpc) is 3.14. The van der Waals surface area contributed by atoms with Gasteiger partial charge in [0.15, 0.2) is 0 Å². The number of carbonyl (C=O) groups is 1. The smallest absolute Gasteiger partial charge is 0.253 e. The third-order valence-corrected chi connectivity index (χ3v) is 10.3. The molecule has 1 amide bonds. The first-order chi connectivity index (χ1) is 16.2. The quantitative estimate of drug-likeness (QED) is 0.656. The Morgan fingerprint density at radius 1 is 1.24 bits per heavy atom. The fraction of sp³-hybridized carbons (Fsp3) is 0.567. The predicted molar refractivity (Wildman–Crippen MR) is 137 cm³/mol. The molecule has 0 bridgehead atoms. The van der Waals surface area contributed by atoms with Crippen molar-refractivity contribution >= 4 is 5.91 Å². The van der Waals surface area contributed by atoms with E-state index in [1.807, 2.05) is 48.3 Å². The Bertz CT molecular complexity index is 1070. The largest absolute Gasteiger partial charge is 0.508 e. The van der Waals surface area contributed by atoms with Crippen molar-refractivity contribution < 1.29 is 9.90 Å². The van der Waals surface area contributed by atoms with Crippen molar-refractivity contribution in [3.63, 3.8) is 0 Å². The van der Waals surface area contributed by atoms with Crippen LogP contribution in [-0.4, -0.2) is 53.5 Å². The third-order valence-electron chi connectivity index (χ3n) is 10.3. The zero-order chi connectivity index (χ0) is 24.3. The molecule has 1 spiro atoms. The maximum atomic E-state index is 13.4. The standard InChI is InChI=1S/C30H40N2O2/c1-6-27(32(5)28(34)21-10-8-7-9-11-21)23-14-15-29(3)20(2)31(4)19-24-16-22-12-13-25(33)17-26(22)30(24,29)18-23/h7-13,17,20,23-24,27,33H,6,14-16,18-19H2,1-5H3. The molecule has 3 aliphatic rings. The van der Waals surface area contributed by atoms with Gasteiger partial charge in [0.25, 0.3) is 5.91 Å². The van der Waals surface area contributed by atoms with Crippen LogP contribution in [0.2, 0.25) is 0 Å². The summed E-state index contributed by atoms with van der Waals surface area (Å²) in [5.41, 5.74) is 3.75. The lowest BCUT2D eigenvalue weighted by molar-refractivity contribution is -0.107. The van der Waals surface area contributed by atoms with Crippen LogP contribution in [0, 0.1) is 17.3 Å². The second-order valence-electron chi connectivity index (χ2n) is 11.5. The molecule has 1 N–H and O–H groups in total. The number of hydrogen-bond acceptors (Lipinski definition) is 3. The van der Waals surface area contributed by atoms with E-state index < -0.39 is 0 Å². The highest BCUT2D eigenvalue weighted by Gasteiger charge is 2.65. The van der Waals surface area contributed by atoms with Crippen molar-refractivity contribution in [3.8, 4) is 5.75 Å². The first kappa shape index (κ1) is 23.4. The molecule has 1 aliphatic heterocycles. The number of nitrogens with zero attached hydrogens (tertiary/aromatic N) is 2. The maximum absolute atomic E-state index is 13.4. The lowest BCUT2D eigenvalue weighted by Gasteiger charge is -2.64. The normalized spacial score (nSPS) is 33.5. The minimum Gasteiger partial charge on any atom is -0.508 e. The number of phenolic OH excluding ortho intramolecular Hbond substituents is 1. The Balaban J connectivity index is 1.54. The number of aromatic hydroxyl groups is 1. The number of carbonyl (C=O) groups excluding carboxylic acids is 1. The molecule has 2 aromatic rings. The molecule has 2 aliphatic carbocycles. The number of piperidine rings is 1. The van der Waals surface area contributed by atoms with Crippen LogP contribution in [0.4, 0.5) is 0 Å². The van der Waals surface area contributed by atoms with Gasteiger partial charge >= 0.3 is 0 Å². The van der Waals surface area contributed by atoms with Crippen LogP contribution in [-0.2, 0) is 11.8 Å². The van der Waals surface area contributed by atoms with E-state index in [1.165, 1.54) is 11.1 Å². The average molecular weight is 461 g/mol. The van der Waals surface area contributed by atoms with E-state index in [-0.39, 0.29) is 22.8 Å². The highest BCUT2D eigenvalue weighted by atomic mass is 16.3. The molecule has 6 atom stereocenters. The van der Waals surface area contributed by atoms with Crippen molar-refractivity contribution in [3.05, 3.63) is 65.2 Å². The Hall–Kier alpha value is -2.33. The monoisotopic (exact) mass is 460 g/mol. The molecule has 0 aromatic heterocycles. The second-order valence-corrected chi connectivity index (χ2v) is 11.5. The van der Waals surface area contributed by atoms with Crippen LogP contribution in [0.3, 0.4) is 0 Å². The van der Waals surface area contributed by atoms with E-state index in [9.17, 15) is 9.90 Å². The summed E-state index contributed by atoms with van der Waals surface area (Å²) in [5.74, 6) is 1.50. The summed E-state index contributed by atoms with van der Waals surface area (Å²) in [6, 6.07) is 16.5. The van der Waals surface area contributed by atoms with E-state index >= 15 is 0 Å². The number of phenols is 1. The number of likely N-dealkylation sites (tertiary alicyclic amines) is 1. The van der Waals surface area contributed by atoms with Gasteiger partial charge in [-0.2, -0.15) is 0 Å². The van der Waals surface area contributed by atoms with E-state index in [0.717, 1.165) is 44.2 Å². The summed E-state index contributed by atoms with van der Waals surface area (Å²) >= 11 is 0. The molecule has 2 aromatic carbocycles. The Labute approximate surface area is 205 Å². The molecule has 1 saturated heterocycles. The van der Waals surface area contributed by atoms with Crippen LogP contribution in [0.1, 0.15) is 67.9 Å². The maximum Gasteiger partial charge on any atom is 0.253 e.